The van der Waals surface area contributed by atoms with Gasteiger partial charge in [-0.1, -0.05) is 6.07 Å². The molecule has 0 fully saturated rings. The lowest BCUT2D eigenvalue weighted by Gasteiger charge is -2.14. The van der Waals surface area contributed by atoms with Crippen molar-refractivity contribution in [2.24, 2.45) is 0 Å². The van der Waals surface area contributed by atoms with Gasteiger partial charge in [-0.25, -0.2) is 8.42 Å². The van der Waals surface area contributed by atoms with Crippen molar-refractivity contribution in [1.82, 2.24) is 0 Å². The molecule has 0 heterocycles. The normalized spacial score (nSPS) is 11.2. The summed E-state index contributed by atoms with van der Waals surface area (Å²) in [6.07, 6.45) is 0. The molecule has 0 aliphatic heterocycles. The van der Waals surface area contributed by atoms with Gasteiger partial charge in [0.15, 0.2) is 11.5 Å². The van der Waals surface area contributed by atoms with Crippen LogP contribution in [-0.2, 0) is 10.0 Å². The number of hydrogen-bond acceptors (Lipinski definition) is 4. The lowest BCUT2D eigenvalue weighted by atomic mass is 10.1. The van der Waals surface area contributed by atoms with Gasteiger partial charge in [0.25, 0.3) is 10.0 Å². The van der Waals surface area contributed by atoms with Crippen LogP contribution in [0.2, 0.25) is 0 Å². The predicted molar refractivity (Wildman–Crippen MR) is 94.0 cm³/mol. The Balaban J connectivity index is 2.47. The quantitative estimate of drug-likeness (QED) is 0.827. The summed E-state index contributed by atoms with van der Waals surface area (Å²) in [6, 6.07) is 8.52. The van der Waals surface area contributed by atoms with Crippen LogP contribution in [0.15, 0.2) is 39.7 Å². The summed E-state index contributed by atoms with van der Waals surface area (Å²) in [6.45, 7) is 3.83. The van der Waals surface area contributed by atoms with Crippen LogP contribution in [0.4, 0.5) is 5.69 Å². The van der Waals surface area contributed by atoms with Crippen molar-refractivity contribution < 1.29 is 17.9 Å². The Bertz CT molecular complexity index is 814. The third-order valence-corrected chi connectivity index (χ3v) is 5.54. The largest absolute Gasteiger partial charge is 0.493 e. The third-order valence-electron chi connectivity index (χ3n) is 3.20. The van der Waals surface area contributed by atoms with Crippen LogP contribution in [0.3, 0.4) is 0 Å². The van der Waals surface area contributed by atoms with Crippen molar-refractivity contribution in [3.8, 4) is 11.5 Å². The first-order chi connectivity index (χ1) is 10.8. The zero-order valence-corrected chi connectivity index (χ0v) is 15.7. The van der Waals surface area contributed by atoms with Gasteiger partial charge in [0, 0.05) is 16.2 Å². The second kappa shape index (κ2) is 6.80. The molecule has 0 aliphatic rings. The minimum absolute atomic E-state index is 0.0781. The van der Waals surface area contributed by atoms with Crippen molar-refractivity contribution in [1.29, 1.82) is 0 Å². The van der Waals surface area contributed by atoms with Crippen LogP contribution in [0, 0.1) is 13.8 Å². The Kier molecular flexibility index (Phi) is 5.21. The molecular weight excluding hydrogens is 382 g/mol. The lowest BCUT2D eigenvalue weighted by Crippen LogP contribution is -2.14. The van der Waals surface area contributed by atoms with Gasteiger partial charge in [-0.3, -0.25) is 4.72 Å². The van der Waals surface area contributed by atoms with Gasteiger partial charge in [-0.05, 0) is 59.1 Å². The number of hydrogen-bond donors (Lipinski definition) is 1. The molecule has 5 nitrogen and oxygen atoms in total. The van der Waals surface area contributed by atoms with Crippen LogP contribution >= 0.6 is 15.9 Å². The number of aryl methyl sites for hydroxylation is 2. The zero-order chi connectivity index (χ0) is 17.2. The van der Waals surface area contributed by atoms with E-state index >= 15 is 0 Å². The fourth-order valence-electron chi connectivity index (χ4n) is 2.29. The zero-order valence-electron chi connectivity index (χ0n) is 13.3. The minimum atomic E-state index is -3.77. The van der Waals surface area contributed by atoms with Crippen molar-refractivity contribution in [3.05, 3.63) is 45.9 Å². The van der Waals surface area contributed by atoms with E-state index in [2.05, 4.69) is 20.7 Å². The molecule has 0 saturated carbocycles. The molecule has 0 radical (unpaired) electrons. The Morgan fingerprint density at radius 3 is 1.96 bits per heavy atom. The first-order valence-corrected chi connectivity index (χ1v) is 9.07. The summed E-state index contributed by atoms with van der Waals surface area (Å²) < 4.78 is 38.7. The molecule has 0 unspecified atom stereocenters. The van der Waals surface area contributed by atoms with Crippen LogP contribution in [0.25, 0.3) is 0 Å². The average Bonchev–Trinajstić information content (AvgIpc) is 2.44. The molecule has 0 amide bonds. The maximum atomic E-state index is 12.7. The molecular formula is C16H18BrNO4S. The summed E-state index contributed by atoms with van der Waals surface area (Å²) in [5.74, 6) is 0.793. The highest BCUT2D eigenvalue weighted by atomic mass is 79.9. The molecule has 1 N–H and O–H groups in total. The van der Waals surface area contributed by atoms with Gasteiger partial charge in [0.05, 0.1) is 14.2 Å². The second-order valence-electron chi connectivity index (χ2n) is 5.12. The minimum Gasteiger partial charge on any atom is -0.493 e. The van der Waals surface area contributed by atoms with Crippen molar-refractivity contribution in [2.45, 2.75) is 18.7 Å². The van der Waals surface area contributed by atoms with E-state index in [-0.39, 0.29) is 4.90 Å². The number of halogens is 1. The second-order valence-corrected chi connectivity index (χ2v) is 7.62. The Morgan fingerprint density at radius 2 is 1.43 bits per heavy atom. The average molecular weight is 400 g/mol. The molecule has 0 bridgehead atoms. The fourth-order valence-corrected chi connectivity index (χ4v) is 4.36. The number of sulfonamides is 1. The SMILES string of the molecule is COc1cc(Br)c(S(=O)(=O)Nc2cc(C)cc(C)c2)cc1OC. The number of rotatable bonds is 5. The van der Waals surface area contributed by atoms with E-state index in [0.717, 1.165) is 11.1 Å². The summed E-state index contributed by atoms with van der Waals surface area (Å²) in [4.78, 5) is 0.0781. The maximum absolute atomic E-state index is 12.7. The lowest BCUT2D eigenvalue weighted by molar-refractivity contribution is 0.353. The van der Waals surface area contributed by atoms with Crippen molar-refractivity contribution >= 4 is 31.6 Å². The summed E-state index contributed by atoms with van der Waals surface area (Å²) in [5, 5.41) is 0. The predicted octanol–water partition coefficient (Wildman–Crippen LogP) is 3.88. The van der Waals surface area contributed by atoms with Crippen LogP contribution < -0.4 is 14.2 Å². The van der Waals surface area contributed by atoms with E-state index in [1.807, 2.05) is 19.9 Å². The first-order valence-electron chi connectivity index (χ1n) is 6.79. The maximum Gasteiger partial charge on any atom is 0.263 e. The van der Waals surface area contributed by atoms with Crippen molar-refractivity contribution in [2.75, 3.05) is 18.9 Å². The molecule has 2 rings (SSSR count). The van der Waals surface area contributed by atoms with E-state index < -0.39 is 10.0 Å². The van der Waals surface area contributed by atoms with E-state index in [0.29, 0.717) is 21.7 Å². The standard InChI is InChI=1S/C16H18BrNO4S/c1-10-5-11(2)7-12(6-10)18-23(19,20)16-9-15(22-4)14(21-3)8-13(16)17/h5-9,18H,1-4H3. The molecule has 2 aromatic rings. The molecule has 2 aromatic carbocycles. The van der Waals surface area contributed by atoms with E-state index in [4.69, 9.17) is 9.47 Å². The number of nitrogens with one attached hydrogen (secondary N) is 1. The Morgan fingerprint density at radius 1 is 0.913 bits per heavy atom. The number of benzene rings is 2. The molecule has 0 atom stereocenters. The van der Waals surface area contributed by atoms with Gasteiger partial charge in [-0.15, -0.1) is 0 Å². The molecule has 7 heteroatoms. The summed E-state index contributed by atoms with van der Waals surface area (Å²) in [5.41, 5.74) is 2.48. The smallest absolute Gasteiger partial charge is 0.263 e. The highest BCUT2D eigenvalue weighted by molar-refractivity contribution is 9.10. The summed E-state index contributed by atoms with van der Waals surface area (Å²) in [7, 11) is -0.817. The molecule has 0 aromatic heterocycles. The topological polar surface area (TPSA) is 64.6 Å². The number of anilines is 1. The van der Waals surface area contributed by atoms with Gasteiger partial charge >= 0.3 is 0 Å². The van der Waals surface area contributed by atoms with Gasteiger partial charge in [0.2, 0.25) is 0 Å². The van der Waals surface area contributed by atoms with E-state index in [1.165, 1.54) is 20.3 Å². The molecule has 0 spiro atoms. The van der Waals surface area contributed by atoms with Gasteiger partial charge in [0.1, 0.15) is 4.90 Å². The fraction of sp³-hybridized carbons (Fsp3) is 0.250. The monoisotopic (exact) mass is 399 g/mol. The number of methoxy groups -OCH3 is 2. The van der Waals surface area contributed by atoms with Gasteiger partial charge < -0.3 is 9.47 Å². The molecule has 23 heavy (non-hydrogen) atoms. The van der Waals surface area contributed by atoms with Crippen LogP contribution in [-0.4, -0.2) is 22.6 Å². The van der Waals surface area contributed by atoms with E-state index in [9.17, 15) is 8.42 Å². The summed E-state index contributed by atoms with van der Waals surface area (Å²) >= 11 is 3.27. The number of ether oxygens (including phenoxy) is 2. The molecule has 0 saturated heterocycles. The van der Waals surface area contributed by atoms with E-state index in [1.54, 1.807) is 18.2 Å². The Labute approximate surface area is 144 Å². The highest BCUT2D eigenvalue weighted by Crippen LogP contribution is 2.36. The molecule has 0 aliphatic carbocycles. The highest BCUT2D eigenvalue weighted by Gasteiger charge is 2.21. The molecule has 124 valence electrons. The van der Waals surface area contributed by atoms with Crippen LogP contribution in [0.5, 0.6) is 11.5 Å². The van der Waals surface area contributed by atoms with Gasteiger partial charge in [-0.2, -0.15) is 0 Å². The third kappa shape index (κ3) is 3.97. The van der Waals surface area contributed by atoms with Crippen LogP contribution in [0.1, 0.15) is 11.1 Å². The first kappa shape index (κ1) is 17.6. The Hall–Kier alpha value is -1.73. The van der Waals surface area contributed by atoms with Crippen molar-refractivity contribution in [3.63, 3.8) is 0 Å².